The Hall–Kier alpha value is -4.44. The van der Waals surface area contributed by atoms with Crippen molar-refractivity contribution in [3.8, 4) is 22.4 Å². The first-order valence-corrected chi connectivity index (χ1v) is 13.2. The molecule has 0 unspecified atom stereocenters. The number of likely N-dealkylation sites (tertiary alicyclic amines) is 2. The molecule has 1 amide bonds. The van der Waals surface area contributed by atoms with Gasteiger partial charge in [0.15, 0.2) is 0 Å². The minimum absolute atomic E-state index is 0.114. The van der Waals surface area contributed by atoms with E-state index in [0.717, 1.165) is 48.2 Å². The maximum atomic E-state index is 14.8. The van der Waals surface area contributed by atoms with Gasteiger partial charge in [0.05, 0.1) is 17.9 Å². The van der Waals surface area contributed by atoms with Crippen LogP contribution >= 0.6 is 0 Å². The predicted octanol–water partition coefficient (Wildman–Crippen LogP) is 4.18. The first-order chi connectivity index (χ1) is 19.1. The largest absolute Gasteiger partial charge is 0.346 e. The molecule has 0 aliphatic carbocycles. The number of benzene rings is 1. The molecule has 1 aromatic carbocycles. The summed E-state index contributed by atoms with van der Waals surface area (Å²) in [6.07, 6.45) is 12.5. The molecule has 6 heterocycles. The third-order valence-electron chi connectivity index (χ3n) is 7.95. The molecule has 0 spiro atoms. The zero-order valence-electron chi connectivity index (χ0n) is 21.2. The minimum atomic E-state index is -0.408. The molecule has 0 saturated carbocycles. The van der Waals surface area contributed by atoms with E-state index < -0.39 is 5.82 Å². The first-order valence-electron chi connectivity index (χ1n) is 13.2. The monoisotopic (exact) mass is 522 g/mol. The summed E-state index contributed by atoms with van der Waals surface area (Å²) in [4.78, 5) is 33.3. The van der Waals surface area contributed by atoms with E-state index in [1.807, 2.05) is 34.1 Å². The van der Waals surface area contributed by atoms with Crippen LogP contribution in [0, 0.1) is 5.82 Å². The lowest BCUT2D eigenvalue weighted by atomic mass is 9.96. The summed E-state index contributed by atoms with van der Waals surface area (Å²) in [6, 6.07) is 11.0. The van der Waals surface area contributed by atoms with E-state index in [1.165, 1.54) is 6.07 Å². The third-order valence-corrected chi connectivity index (χ3v) is 7.95. The number of carbonyl (C=O) groups excluding carboxylic acids is 1. The molecule has 0 atom stereocenters. The van der Waals surface area contributed by atoms with Crippen molar-refractivity contribution in [2.75, 3.05) is 26.2 Å². The second-order valence-electron chi connectivity index (χ2n) is 10.2. The summed E-state index contributed by atoms with van der Waals surface area (Å²) in [5.74, 6) is -0.522. The average Bonchev–Trinajstić information content (AvgIpc) is 3.63. The van der Waals surface area contributed by atoms with Gasteiger partial charge in [-0.25, -0.2) is 14.4 Å². The average molecular weight is 523 g/mol. The van der Waals surface area contributed by atoms with E-state index >= 15 is 0 Å². The predicted molar refractivity (Wildman–Crippen MR) is 144 cm³/mol. The Kier molecular flexibility index (Phi) is 5.89. The number of carbonyl (C=O) groups is 1. The molecule has 5 aromatic rings. The van der Waals surface area contributed by atoms with Crippen molar-refractivity contribution in [3.63, 3.8) is 0 Å². The molecule has 196 valence electrons. The highest BCUT2D eigenvalue weighted by atomic mass is 19.1. The van der Waals surface area contributed by atoms with Gasteiger partial charge >= 0.3 is 0 Å². The lowest BCUT2D eigenvalue weighted by Crippen LogP contribution is -2.56. The second kappa shape index (κ2) is 9.70. The Bertz CT molecular complexity index is 1630. The van der Waals surface area contributed by atoms with Crippen LogP contribution < -0.4 is 0 Å². The molecule has 2 aliphatic rings. The van der Waals surface area contributed by atoms with Gasteiger partial charge in [-0.1, -0.05) is 12.1 Å². The van der Waals surface area contributed by atoms with E-state index in [0.29, 0.717) is 41.9 Å². The standard InChI is InChI=1S/C29H27FN8O/c30-26-12-19(3-4-24(26)20-2-1-8-31-13-20)29(39)36-10-6-22(7-11-36)37-16-23(17-37)38-15-21(14-35-38)27-25-5-9-32-28(25)34-18-33-27/h1-5,8-9,12-15,18,22-23H,6-7,10-11,16-17H2,(H,32,33,34). The number of pyridine rings is 1. The number of nitrogens with one attached hydrogen (secondary N) is 1. The van der Waals surface area contributed by atoms with Crippen molar-refractivity contribution in [2.24, 2.45) is 0 Å². The van der Waals surface area contributed by atoms with Crippen molar-refractivity contribution in [3.05, 3.63) is 85.1 Å². The zero-order valence-corrected chi connectivity index (χ0v) is 21.2. The molecule has 2 fully saturated rings. The number of nitrogens with zero attached hydrogens (tertiary/aromatic N) is 7. The van der Waals surface area contributed by atoms with Crippen molar-refractivity contribution in [1.29, 1.82) is 0 Å². The van der Waals surface area contributed by atoms with Gasteiger partial charge in [0.25, 0.3) is 5.91 Å². The fraction of sp³-hybridized carbons (Fsp3) is 0.276. The molecule has 0 bridgehead atoms. The highest BCUT2D eigenvalue weighted by Crippen LogP contribution is 2.31. The highest BCUT2D eigenvalue weighted by Gasteiger charge is 2.36. The van der Waals surface area contributed by atoms with Gasteiger partial charge in [0.1, 0.15) is 17.8 Å². The first kappa shape index (κ1) is 23.7. The lowest BCUT2D eigenvalue weighted by Gasteiger charge is -2.47. The summed E-state index contributed by atoms with van der Waals surface area (Å²) in [5.41, 5.74) is 4.22. The zero-order chi connectivity index (χ0) is 26.3. The van der Waals surface area contributed by atoms with Crippen molar-refractivity contribution < 1.29 is 9.18 Å². The summed E-state index contributed by atoms with van der Waals surface area (Å²) >= 11 is 0. The molecule has 10 heteroatoms. The molecule has 9 nitrogen and oxygen atoms in total. The van der Waals surface area contributed by atoms with Crippen LogP contribution in [0.2, 0.25) is 0 Å². The normalized spacial score (nSPS) is 17.0. The van der Waals surface area contributed by atoms with E-state index in [4.69, 9.17) is 0 Å². The molecular formula is C29H27FN8O. The molecule has 1 N–H and O–H groups in total. The van der Waals surface area contributed by atoms with Crippen LogP contribution in [0.3, 0.4) is 0 Å². The Morgan fingerprint density at radius 1 is 1.00 bits per heavy atom. The number of H-pyrrole nitrogens is 1. The number of hydrogen-bond donors (Lipinski definition) is 1. The second-order valence-corrected chi connectivity index (χ2v) is 10.2. The van der Waals surface area contributed by atoms with Gasteiger partial charge in [0.2, 0.25) is 0 Å². The van der Waals surface area contributed by atoms with Crippen molar-refractivity contribution in [1.82, 2.24) is 39.5 Å². The lowest BCUT2D eigenvalue weighted by molar-refractivity contribution is 0.0198. The third kappa shape index (κ3) is 4.36. The van der Waals surface area contributed by atoms with E-state index in [9.17, 15) is 9.18 Å². The molecule has 0 radical (unpaired) electrons. The summed E-state index contributed by atoms with van der Waals surface area (Å²) in [6.45, 7) is 3.21. The number of fused-ring (bicyclic) bond motifs is 1. The van der Waals surface area contributed by atoms with Crippen LogP contribution in [0.25, 0.3) is 33.4 Å². The molecule has 4 aromatic heterocycles. The van der Waals surface area contributed by atoms with Crippen molar-refractivity contribution >= 4 is 16.9 Å². The SMILES string of the molecule is O=C(c1ccc(-c2cccnc2)c(F)c1)N1CCC(N2CC(n3cc(-c4ncnc5[nH]ccc45)cn3)C2)CC1. The smallest absolute Gasteiger partial charge is 0.253 e. The minimum Gasteiger partial charge on any atom is -0.346 e. The maximum Gasteiger partial charge on any atom is 0.253 e. The maximum absolute atomic E-state index is 14.8. The highest BCUT2D eigenvalue weighted by molar-refractivity contribution is 5.95. The molecule has 39 heavy (non-hydrogen) atoms. The molecule has 2 saturated heterocycles. The van der Waals surface area contributed by atoms with Crippen molar-refractivity contribution in [2.45, 2.75) is 24.9 Å². The van der Waals surface area contributed by atoms with Gasteiger partial charge in [-0.2, -0.15) is 5.10 Å². The number of aromatic nitrogens is 6. The number of amides is 1. The Morgan fingerprint density at radius 2 is 1.87 bits per heavy atom. The number of aromatic amines is 1. The Morgan fingerprint density at radius 3 is 2.67 bits per heavy atom. The van der Waals surface area contributed by atoms with Gasteiger partial charge in [-0.05, 0) is 37.1 Å². The number of halogens is 1. The van der Waals surface area contributed by atoms with Crippen LogP contribution in [0.15, 0.2) is 73.7 Å². The number of piperidine rings is 1. The van der Waals surface area contributed by atoms with Gasteiger partial charge in [-0.3, -0.25) is 19.4 Å². The Balaban J connectivity index is 0.942. The van der Waals surface area contributed by atoms with Crippen LogP contribution in [0.4, 0.5) is 4.39 Å². The molecule has 7 rings (SSSR count). The van der Waals surface area contributed by atoms with Gasteiger partial charge in [-0.15, -0.1) is 0 Å². The summed E-state index contributed by atoms with van der Waals surface area (Å²) in [5, 5.41) is 5.61. The fourth-order valence-corrected chi connectivity index (χ4v) is 5.74. The van der Waals surface area contributed by atoms with Gasteiger partial charge in [0, 0.05) is 84.6 Å². The fourth-order valence-electron chi connectivity index (χ4n) is 5.74. The van der Waals surface area contributed by atoms with Crippen LogP contribution in [-0.4, -0.2) is 77.6 Å². The van der Waals surface area contributed by atoms with Gasteiger partial charge < -0.3 is 9.88 Å². The van der Waals surface area contributed by atoms with E-state index in [2.05, 4.69) is 36.1 Å². The van der Waals surface area contributed by atoms with Crippen LogP contribution in [-0.2, 0) is 0 Å². The van der Waals surface area contributed by atoms with Crippen LogP contribution in [0.5, 0.6) is 0 Å². The number of hydrogen-bond acceptors (Lipinski definition) is 6. The van der Waals surface area contributed by atoms with E-state index in [1.54, 1.807) is 36.9 Å². The van der Waals surface area contributed by atoms with E-state index in [-0.39, 0.29) is 5.91 Å². The van der Waals surface area contributed by atoms with Crippen LogP contribution in [0.1, 0.15) is 29.2 Å². The summed E-state index contributed by atoms with van der Waals surface area (Å²) < 4.78 is 16.8. The quantitative estimate of drug-likeness (QED) is 0.372. The summed E-state index contributed by atoms with van der Waals surface area (Å²) in [7, 11) is 0. The molecular weight excluding hydrogens is 495 g/mol. The Labute approximate surface area is 224 Å². The topological polar surface area (TPSA) is 95.8 Å². The number of rotatable bonds is 5. The molecule has 2 aliphatic heterocycles.